The number of imidazole rings is 2. The van der Waals surface area contributed by atoms with Crippen LogP contribution in [0.4, 0.5) is 0 Å². The molecular formula is C15H26N6O5S2. The zero-order valence-electron chi connectivity index (χ0n) is 15.7. The maximum Gasteiger partial charge on any atom is 0.320 e. The molecule has 2 aromatic heterocycles. The lowest BCUT2D eigenvalue weighted by molar-refractivity contribution is -0.139. The molecular weight excluding hydrogens is 408 g/mol. The minimum Gasteiger partial charge on any atom is -0.480 e. The third-order valence-electron chi connectivity index (χ3n) is 3.04. The van der Waals surface area contributed by atoms with Crippen LogP contribution in [0.5, 0.6) is 0 Å². The molecule has 0 aliphatic heterocycles. The van der Waals surface area contributed by atoms with Crippen molar-refractivity contribution in [3.05, 3.63) is 24.0 Å². The van der Waals surface area contributed by atoms with Gasteiger partial charge in [-0.1, -0.05) is 13.8 Å². The first-order chi connectivity index (χ1) is 13.4. The lowest BCUT2D eigenvalue weighted by atomic mass is 10.2. The van der Waals surface area contributed by atoms with Crippen LogP contribution in [0.1, 0.15) is 25.2 Å². The van der Waals surface area contributed by atoms with Gasteiger partial charge in [-0.15, -0.1) is 0 Å². The number of rotatable bonds is 9. The predicted molar refractivity (Wildman–Crippen MR) is 107 cm³/mol. The van der Waals surface area contributed by atoms with Crippen LogP contribution in [0.3, 0.4) is 0 Å². The van der Waals surface area contributed by atoms with Gasteiger partial charge < -0.3 is 36.8 Å². The maximum atomic E-state index is 10.8. The molecule has 28 heavy (non-hydrogen) atoms. The maximum absolute atomic E-state index is 10.8. The molecule has 2 rings (SSSR count). The SMILES string of the molecule is CC.CO.NC(Cc1[nH]cnc1SSc1nc[nH]c1CC(N)C(=O)O)C(=O)O. The van der Waals surface area contributed by atoms with Gasteiger partial charge in [0.1, 0.15) is 22.1 Å². The summed E-state index contributed by atoms with van der Waals surface area (Å²) >= 11 is 0. The molecule has 2 heterocycles. The van der Waals surface area contributed by atoms with Crippen molar-refractivity contribution in [3.8, 4) is 0 Å². The van der Waals surface area contributed by atoms with Gasteiger partial charge >= 0.3 is 11.9 Å². The summed E-state index contributed by atoms with van der Waals surface area (Å²) in [4.78, 5) is 35.7. The number of aliphatic hydroxyl groups excluding tert-OH is 1. The molecule has 0 aromatic carbocycles. The van der Waals surface area contributed by atoms with Crippen molar-refractivity contribution < 1.29 is 24.9 Å². The highest BCUT2D eigenvalue weighted by atomic mass is 33.1. The van der Waals surface area contributed by atoms with Gasteiger partial charge in [-0.2, -0.15) is 0 Å². The van der Waals surface area contributed by atoms with E-state index in [1.54, 1.807) is 0 Å². The van der Waals surface area contributed by atoms with Crippen LogP contribution in [0, 0.1) is 0 Å². The van der Waals surface area contributed by atoms with Crippen molar-refractivity contribution in [2.45, 2.75) is 48.8 Å². The summed E-state index contributed by atoms with van der Waals surface area (Å²) in [5, 5.41) is 25.9. The summed E-state index contributed by atoms with van der Waals surface area (Å²) in [6.45, 7) is 4.00. The molecule has 158 valence electrons. The molecule has 2 unspecified atom stereocenters. The third kappa shape index (κ3) is 8.31. The summed E-state index contributed by atoms with van der Waals surface area (Å²) in [6.07, 6.45) is 3.16. The van der Waals surface area contributed by atoms with Crippen LogP contribution in [0.2, 0.25) is 0 Å². The van der Waals surface area contributed by atoms with E-state index in [2.05, 4.69) is 19.9 Å². The van der Waals surface area contributed by atoms with Crippen molar-refractivity contribution in [2.75, 3.05) is 7.11 Å². The molecule has 2 aromatic rings. The number of hydrogen-bond donors (Lipinski definition) is 7. The standard InChI is InChI=1S/C12H16N6O4S2.C2H6.CH4O/c13-5(11(19)20)1-7-9(17-3-15-7)23-24-10-8(16-4-18-10)2-6(14)12(21)22;2*1-2/h3-6H,1-2,13-14H2,(H,15,17)(H,16,18)(H,19,20)(H,21,22);1-2H3;2H,1H3. The van der Waals surface area contributed by atoms with Crippen LogP contribution in [-0.4, -0.2) is 66.4 Å². The second kappa shape index (κ2) is 14.0. The largest absolute Gasteiger partial charge is 0.480 e. The van der Waals surface area contributed by atoms with Crippen molar-refractivity contribution >= 4 is 33.5 Å². The summed E-state index contributed by atoms with van der Waals surface area (Å²) < 4.78 is 0. The number of aromatic amines is 2. The average Bonchev–Trinajstić information content (AvgIpc) is 3.32. The number of carboxylic acids is 2. The molecule has 0 amide bonds. The molecule has 0 saturated heterocycles. The van der Waals surface area contributed by atoms with Gasteiger partial charge in [0.15, 0.2) is 0 Å². The van der Waals surface area contributed by atoms with Gasteiger partial charge in [-0.25, -0.2) is 9.97 Å². The Morgan fingerprint density at radius 2 is 1.25 bits per heavy atom. The molecule has 0 radical (unpaired) electrons. The van der Waals surface area contributed by atoms with Gasteiger partial charge in [0.05, 0.1) is 24.0 Å². The second-order valence-corrected chi connectivity index (χ2v) is 6.94. The lowest BCUT2D eigenvalue weighted by Crippen LogP contribution is -2.32. The Balaban J connectivity index is 0.00000171. The number of nitrogens with one attached hydrogen (secondary N) is 2. The molecule has 0 bridgehead atoms. The van der Waals surface area contributed by atoms with Crippen LogP contribution >= 0.6 is 21.6 Å². The van der Waals surface area contributed by atoms with E-state index in [9.17, 15) is 9.59 Å². The summed E-state index contributed by atoms with van der Waals surface area (Å²) in [5.74, 6) is -2.18. The fraction of sp³-hybridized carbons (Fsp3) is 0.467. The van der Waals surface area contributed by atoms with E-state index in [1.165, 1.54) is 34.2 Å². The number of aliphatic hydroxyl groups is 1. The van der Waals surface area contributed by atoms with E-state index >= 15 is 0 Å². The predicted octanol–water partition coefficient (Wildman–Crippen LogP) is 0.476. The van der Waals surface area contributed by atoms with Gasteiger partial charge in [-0.3, -0.25) is 9.59 Å². The summed E-state index contributed by atoms with van der Waals surface area (Å²) in [6, 6.07) is -2.05. The van der Waals surface area contributed by atoms with Gasteiger partial charge in [0, 0.05) is 20.0 Å². The lowest BCUT2D eigenvalue weighted by Gasteiger charge is -2.07. The van der Waals surface area contributed by atoms with Crippen molar-refractivity contribution in [3.63, 3.8) is 0 Å². The molecule has 11 nitrogen and oxygen atoms in total. The molecule has 13 heteroatoms. The van der Waals surface area contributed by atoms with Crippen LogP contribution < -0.4 is 11.5 Å². The second-order valence-electron chi connectivity index (χ2n) is 4.84. The molecule has 0 aliphatic carbocycles. The normalized spacial score (nSPS) is 12.1. The van der Waals surface area contributed by atoms with Gasteiger partial charge in [0.25, 0.3) is 0 Å². The van der Waals surface area contributed by atoms with Crippen molar-refractivity contribution in [1.29, 1.82) is 0 Å². The highest BCUT2D eigenvalue weighted by Crippen LogP contribution is 2.38. The molecule has 9 N–H and O–H groups in total. The molecule has 0 fully saturated rings. The number of nitrogens with two attached hydrogens (primary N) is 2. The smallest absolute Gasteiger partial charge is 0.320 e. The zero-order valence-corrected chi connectivity index (χ0v) is 17.4. The van der Waals surface area contributed by atoms with Crippen LogP contribution in [0.15, 0.2) is 22.7 Å². The Bertz CT molecular complexity index is 663. The minimum atomic E-state index is -1.09. The molecule has 0 aliphatic rings. The van der Waals surface area contributed by atoms with E-state index in [0.717, 1.165) is 7.11 Å². The quantitative estimate of drug-likeness (QED) is 0.270. The van der Waals surface area contributed by atoms with Gasteiger partial charge in [0.2, 0.25) is 0 Å². The van der Waals surface area contributed by atoms with Gasteiger partial charge in [-0.05, 0) is 21.6 Å². The van der Waals surface area contributed by atoms with Crippen LogP contribution in [0.25, 0.3) is 0 Å². The Morgan fingerprint density at radius 3 is 1.54 bits per heavy atom. The fourth-order valence-corrected chi connectivity index (χ4v) is 3.92. The first-order valence-corrected chi connectivity index (χ1v) is 10.3. The molecule has 2 atom stereocenters. The number of aliphatic carboxylic acids is 2. The molecule has 0 spiro atoms. The van der Waals surface area contributed by atoms with Crippen molar-refractivity contribution in [2.24, 2.45) is 11.5 Å². The van der Waals surface area contributed by atoms with E-state index in [1.807, 2.05) is 13.8 Å². The number of hydrogen-bond acceptors (Lipinski definition) is 9. The first kappa shape index (κ1) is 25.9. The first-order valence-electron chi connectivity index (χ1n) is 8.19. The summed E-state index contributed by atoms with van der Waals surface area (Å²) in [5.41, 5.74) is 12.3. The van der Waals surface area contributed by atoms with E-state index in [0.29, 0.717) is 21.4 Å². The highest BCUT2D eigenvalue weighted by molar-refractivity contribution is 8.76. The van der Waals surface area contributed by atoms with E-state index in [4.69, 9.17) is 26.8 Å². The fourth-order valence-electron chi connectivity index (χ4n) is 1.75. The zero-order chi connectivity index (χ0) is 21.7. The number of carbonyl (C=O) groups is 2. The van der Waals surface area contributed by atoms with E-state index < -0.39 is 24.0 Å². The number of aromatic nitrogens is 4. The third-order valence-corrected chi connectivity index (χ3v) is 5.34. The Hall–Kier alpha value is -2.06. The number of H-pyrrole nitrogens is 2. The van der Waals surface area contributed by atoms with E-state index in [-0.39, 0.29) is 12.8 Å². The summed E-state index contributed by atoms with van der Waals surface area (Å²) in [7, 11) is 3.54. The topological polar surface area (TPSA) is 204 Å². The monoisotopic (exact) mass is 434 g/mol. The minimum absolute atomic E-state index is 0.121. The average molecular weight is 435 g/mol. The van der Waals surface area contributed by atoms with Crippen LogP contribution in [-0.2, 0) is 22.4 Å². The Morgan fingerprint density at radius 1 is 0.929 bits per heavy atom. The van der Waals surface area contributed by atoms with Crippen molar-refractivity contribution in [1.82, 2.24) is 19.9 Å². The number of nitrogens with zero attached hydrogens (tertiary/aromatic N) is 2. The highest BCUT2D eigenvalue weighted by Gasteiger charge is 2.19. The number of carboxylic acid groups (broad SMARTS) is 2. The molecule has 0 saturated carbocycles. The Labute approximate surface area is 170 Å². The Kier molecular flexibility index (Phi) is 13.0.